The number of anilines is 1. The third-order valence-electron chi connectivity index (χ3n) is 2.78. The Kier molecular flexibility index (Phi) is 3.42. The number of aliphatic hydroxyl groups is 1. The molecule has 0 radical (unpaired) electrons. The van der Waals surface area contributed by atoms with Crippen LogP contribution >= 0.6 is 0 Å². The van der Waals surface area contributed by atoms with Gasteiger partial charge in [0.2, 0.25) is 0 Å². The Morgan fingerprint density at radius 2 is 1.94 bits per heavy atom. The van der Waals surface area contributed by atoms with Gasteiger partial charge in [-0.05, 0) is 25.0 Å². The summed E-state index contributed by atoms with van der Waals surface area (Å²) in [6, 6.07) is 5.20. The van der Waals surface area contributed by atoms with E-state index in [9.17, 15) is 14.9 Å². The summed E-state index contributed by atoms with van der Waals surface area (Å²) in [7, 11) is 0. The van der Waals surface area contributed by atoms with E-state index in [0.29, 0.717) is 18.5 Å². The molecule has 96 valence electrons. The number of aliphatic hydroxyl groups excluding tert-OH is 1. The van der Waals surface area contributed by atoms with Crippen molar-refractivity contribution in [1.29, 1.82) is 0 Å². The molecule has 0 bridgehead atoms. The van der Waals surface area contributed by atoms with Crippen LogP contribution in [0.3, 0.4) is 0 Å². The van der Waals surface area contributed by atoms with E-state index in [-0.39, 0.29) is 23.9 Å². The minimum Gasteiger partial charge on any atom is -0.393 e. The van der Waals surface area contributed by atoms with Gasteiger partial charge in [0, 0.05) is 23.9 Å². The molecule has 0 aliphatic heterocycles. The first-order valence-corrected chi connectivity index (χ1v) is 5.54. The van der Waals surface area contributed by atoms with Gasteiger partial charge in [0.25, 0.3) is 5.69 Å². The van der Waals surface area contributed by atoms with Crippen LogP contribution < -0.4 is 10.6 Å². The van der Waals surface area contributed by atoms with Crippen LogP contribution in [0, 0.1) is 10.1 Å². The number of carbonyl (C=O) groups excluding carboxylic acids is 1. The molecular weight excluding hydrogens is 238 g/mol. The van der Waals surface area contributed by atoms with Crippen molar-refractivity contribution in [2.45, 2.75) is 25.0 Å². The summed E-state index contributed by atoms with van der Waals surface area (Å²) in [5, 5.41) is 24.8. The Morgan fingerprint density at radius 1 is 1.33 bits per heavy atom. The van der Waals surface area contributed by atoms with Gasteiger partial charge in [-0.1, -0.05) is 0 Å². The number of urea groups is 1. The minimum absolute atomic E-state index is 0.00181. The number of hydrogen-bond donors (Lipinski definition) is 3. The van der Waals surface area contributed by atoms with E-state index in [1.165, 1.54) is 24.3 Å². The van der Waals surface area contributed by atoms with Gasteiger partial charge in [-0.15, -0.1) is 0 Å². The van der Waals surface area contributed by atoms with E-state index in [1.54, 1.807) is 0 Å². The average Bonchev–Trinajstić information content (AvgIpc) is 2.27. The summed E-state index contributed by atoms with van der Waals surface area (Å²) in [5.41, 5.74) is 0.459. The van der Waals surface area contributed by atoms with Gasteiger partial charge in [-0.3, -0.25) is 10.1 Å². The van der Waals surface area contributed by atoms with Crippen molar-refractivity contribution in [1.82, 2.24) is 5.32 Å². The molecule has 0 heterocycles. The van der Waals surface area contributed by atoms with E-state index in [4.69, 9.17) is 5.11 Å². The molecule has 1 aromatic rings. The molecule has 0 atom stereocenters. The zero-order valence-corrected chi connectivity index (χ0v) is 9.50. The molecular formula is C11H13N3O4. The van der Waals surface area contributed by atoms with Gasteiger partial charge in [0.1, 0.15) is 0 Å². The van der Waals surface area contributed by atoms with E-state index >= 15 is 0 Å². The van der Waals surface area contributed by atoms with Crippen molar-refractivity contribution in [3.05, 3.63) is 34.4 Å². The van der Waals surface area contributed by atoms with Crippen molar-refractivity contribution in [3.63, 3.8) is 0 Å². The van der Waals surface area contributed by atoms with Crippen molar-refractivity contribution < 1.29 is 14.8 Å². The van der Waals surface area contributed by atoms with Crippen LogP contribution in [0.4, 0.5) is 16.2 Å². The van der Waals surface area contributed by atoms with Crippen molar-refractivity contribution in [3.8, 4) is 0 Å². The lowest BCUT2D eigenvalue weighted by Crippen LogP contribution is -2.48. The first-order valence-electron chi connectivity index (χ1n) is 5.54. The quantitative estimate of drug-likeness (QED) is 0.555. The predicted molar refractivity (Wildman–Crippen MR) is 64.3 cm³/mol. The summed E-state index contributed by atoms with van der Waals surface area (Å²) < 4.78 is 0. The molecule has 1 aliphatic carbocycles. The summed E-state index contributed by atoms with van der Waals surface area (Å²) in [5.74, 6) is 0. The number of rotatable bonds is 3. The average molecular weight is 251 g/mol. The Bertz CT molecular complexity index is 454. The zero-order chi connectivity index (χ0) is 13.1. The molecule has 1 fully saturated rings. The van der Waals surface area contributed by atoms with Crippen LogP contribution in [-0.4, -0.2) is 28.2 Å². The number of amides is 2. The van der Waals surface area contributed by atoms with E-state index in [0.717, 1.165) is 0 Å². The molecule has 2 rings (SSSR count). The largest absolute Gasteiger partial charge is 0.393 e. The third kappa shape index (κ3) is 2.95. The maximum absolute atomic E-state index is 11.5. The molecule has 2 amide bonds. The monoisotopic (exact) mass is 251 g/mol. The Morgan fingerprint density at radius 3 is 2.44 bits per heavy atom. The highest BCUT2D eigenvalue weighted by Gasteiger charge is 2.28. The van der Waals surface area contributed by atoms with Gasteiger partial charge in [-0.25, -0.2) is 4.79 Å². The van der Waals surface area contributed by atoms with Crippen LogP contribution in [0.1, 0.15) is 12.8 Å². The van der Waals surface area contributed by atoms with Gasteiger partial charge >= 0.3 is 6.03 Å². The van der Waals surface area contributed by atoms with Gasteiger partial charge in [0.15, 0.2) is 0 Å². The Labute approximate surface area is 103 Å². The van der Waals surface area contributed by atoms with Crippen LogP contribution in [0.2, 0.25) is 0 Å². The van der Waals surface area contributed by atoms with Gasteiger partial charge in [0.05, 0.1) is 11.0 Å². The molecule has 1 aromatic carbocycles. The summed E-state index contributed by atoms with van der Waals surface area (Å²) in [4.78, 5) is 21.4. The van der Waals surface area contributed by atoms with Crippen molar-refractivity contribution >= 4 is 17.4 Å². The van der Waals surface area contributed by atoms with Crippen LogP contribution in [-0.2, 0) is 0 Å². The second kappa shape index (κ2) is 5.01. The van der Waals surface area contributed by atoms with Crippen LogP contribution in [0.25, 0.3) is 0 Å². The minimum atomic E-state index is -0.500. The van der Waals surface area contributed by atoms with Crippen LogP contribution in [0.5, 0.6) is 0 Å². The molecule has 0 spiro atoms. The highest BCUT2D eigenvalue weighted by Crippen LogP contribution is 2.20. The fourth-order valence-electron chi connectivity index (χ4n) is 1.72. The van der Waals surface area contributed by atoms with E-state index in [2.05, 4.69) is 10.6 Å². The first-order chi connectivity index (χ1) is 8.54. The number of nitro benzene ring substituents is 1. The number of benzene rings is 1. The lowest BCUT2D eigenvalue weighted by Gasteiger charge is -2.31. The van der Waals surface area contributed by atoms with Gasteiger partial charge in [-0.2, -0.15) is 0 Å². The lowest BCUT2D eigenvalue weighted by atomic mass is 9.90. The number of nitro groups is 1. The highest BCUT2D eigenvalue weighted by atomic mass is 16.6. The van der Waals surface area contributed by atoms with Crippen LogP contribution in [0.15, 0.2) is 24.3 Å². The number of non-ortho nitro benzene ring substituents is 1. The second-order valence-corrected chi connectivity index (χ2v) is 4.22. The molecule has 7 heteroatoms. The maximum Gasteiger partial charge on any atom is 0.319 e. The standard InChI is InChI=1S/C11H13N3O4/c15-10-5-8(6-10)13-11(16)12-7-1-3-9(4-2-7)14(17)18/h1-4,8,10,15H,5-6H2,(H2,12,13,16). The number of hydrogen-bond acceptors (Lipinski definition) is 4. The summed E-state index contributed by atoms with van der Waals surface area (Å²) in [6.45, 7) is 0. The maximum atomic E-state index is 11.5. The number of carbonyl (C=O) groups is 1. The number of nitrogens with zero attached hydrogens (tertiary/aromatic N) is 1. The topological polar surface area (TPSA) is 104 Å². The second-order valence-electron chi connectivity index (χ2n) is 4.22. The SMILES string of the molecule is O=C(Nc1ccc([N+](=O)[O-])cc1)NC1CC(O)C1. The fourth-order valence-corrected chi connectivity index (χ4v) is 1.72. The summed E-state index contributed by atoms with van der Waals surface area (Å²) >= 11 is 0. The highest BCUT2D eigenvalue weighted by molar-refractivity contribution is 5.89. The molecule has 7 nitrogen and oxygen atoms in total. The van der Waals surface area contributed by atoms with Crippen molar-refractivity contribution in [2.24, 2.45) is 0 Å². The fraction of sp³-hybridized carbons (Fsp3) is 0.364. The Balaban J connectivity index is 1.85. The summed E-state index contributed by atoms with van der Waals surface area (Å²) in [6.07, 6.45) is 0.802. The number of nitrogens with one attached hydrogen (secondary N) is 2. The Hall–Kier alpha value is -2.15. The van der Waals surface area contributed by atoms with Gasteiger partial charge < -0.3 is 15.7 Å². The molecule has 0 aromatic heterocycles. The lowest BCUT2D eigenvalue weighted by molar-refractivity contribution is -0.384. The molecule has 0 saturated heterocycles. The normalized spacial score (nSPS) is 21.8. The molecule has 18 heavy (non-hydrogen) atoms. The smallest absolute Gasteiger partial charge is 0.319 e. The first kappa shape index (κ1) is 12.3. The molecule has 1 saturated carbocycles. The predicted octanol–water partition coefficient (Wildman–Crippen LogP) is 1.24. The molecule has 0 unspecified atom stereocenters. The van der Waals surface area contributed by atoms with E-state index in [1.807, 2.05) is 0 Å². The molecule has 1 aliphatic rings. The van der Waals surface area contributed by atoms with E-state index < -0.39 is 4.92 Å². The molecule has 3 N–H and O–H groups in total. The zero-order valence-electron chi connectivity index (χ0n) is 9.50. The van der Waals surface area contributed by atoms with Crippen molar-refractivity contribution in [2.75, 3.05) is 5.32 Å². The third-order valence-corrected chi connectivity index (χ3v) is 2.78.